The summed E-state index contributed by atoms with van der Waals surface area (Å²) in [4.78, 5) is 33.8. The van der Waals surface area contributed by atoms with E-state index in [1.54, 1.807) is 13.8 Å². The van der Waals surface area contributed by atoms with Crippen molar-refractivity contribution in [2.24, 2.45) is 0 Å². The third-order valence-electron chi connectivity index (χ3n) is 2.24. The fourth-order valence-corrected chi connectivity index (χ4v) is 0.840. The summed E-state index contributed by atoms with van der Waals surface area (Å²) in [6.45, 7) is 8.38. The molecule has 5 nitrogen and oxygen atoms in total. The lowest BCUT2D eigenvalue weighted by Crippen LogP contribution is -2.49. The minimum Gasteiger partial charge on any atom is -0.460 e. The van der Waals surface area contributed by atoms with Crippen LogP contribution in [0, 0.1) is 0 Å². The first kappa shape index (κ1) is 14.3. The molecule has 5 heteroatoms. The van der Waals surface area contributed by atoms with Crippen molar-refractivity contribution in [1.29, 1.82) is 0 Å². The van der Waals surface area contributed by atoms with E-state index in [9.17, 15) is 14.4 Å². The largest absolute Gasteiger partial charge is 0.460 e. The number of ether oxygens (including phenoxy) is 1. The van der Waals surface area contributed by atoms with Crippen LogP contribution in [-0.4, -0.2) is 42.3 Å². The monoisotopic (exact) mass is 227 g/mol. The molecule has 0 aliphatic heterocycles. The Hall–Kier alpha value is -1.65. The highest BCUT2D eigenvalue weighted by Gasteiger charge is 2.29. The summed E-state index contributed by atoms with van der Waals surface area (Å²) in [6, 6.07) is 0. The van der Waals surface area contributed by atoms with Crippen molar-refractivity contribution in [3.8, 4) is 0 Å². The van der Waals surface area contributed by atoms with Crippen molar-refractivity contribution < 1.29 is 19.1 Å². The van der Waals surface area contributed by atoms with Gasteiger partial charge in [-0.3, -0.25) is 9.59 Å². The van der Waals surface area contributed by atoms with Crippen molar-refractivity contribution in [1.82, 2.24) is 4.90 Å². The molecule has 0 bridgehead atoms. The summed E-state index contributed by atoms with van der Waals surface area (Å²) in [5.74, 6) is -1.17. The number of rotatable bonds is 5. The summed E-state index contributed by atoms with van der Waals surface area (Å²) in [5.41, 5.74) is -0.441. The molecule has 0 unspecified atom stereocenters. The number of hydrogen-bond acceptors (Lipinski definition) is 4. The lowest BCUT2D eigenvalue weighted by Gasteiger charge is -2.33. The number of likely N-dealkylation sites (N-methyl/N-ethyl adjacent to an activating group) is 1. The van der Waals surface area contributed by atoms with Gasteiger partial charge in [0.2, 0.25) is 6.29 Å². The maximum Gasteiger partial charge on any atom is 0.333 e. The molecule has 0 radical (unpaired) electrons. The van der Waals surface area contributed by atoms with E-state index in [1.165, 1.54) is 18.9 Å². The summed E-state index contributed by atoms with van der Waals surface area (Å²) < 4.78 is 4.94. The summed E-state index contributed by atoms with van der Waals surface area (Å²) in [7, 11) is 1.48. The van der Waals surface area contributed by atoms with E-state index in [0.29, 0.717) is 5.57 Å². The molecular weight excluding hydrogens is 210 g/mol. The number of aldehydes is 1. The van der Waals surface area contributed by atoms with E-state index in [-0.39, 0.29) is 12.9 Å². The molecule has 0 saturated carbocycles. The summed E-state index contributed by atoms with van der Waals surface area (Å²) >= 11 is 0. The standard InChI is InChI=1S/C11H17NO4/c1-8(2)10(15)16-7-11(3,4)12(5)9(14)6-13/h6H,1,7H2,2-5H3. The Morgan fingerprint density at radius 3 is 2.31 bits per heavy atom. The lowest BCUT2D eigenvalue weighted by atomic mass is 10.1. The van der Waals surface area contributed by atoms with Crippen LogP contribution in [0.2, 0.25) is 0 Å². The zero-order valence-corrected chi connectivity index (χ0v) is 10.1. The zero-order valence-electron chi connectivity index (χ0n) is 10.1. The molecular formula is C11H17NO4. The minimum absolute atomic E-state index is 0.00870. The van der Waals surface area contributed by atoms with E-state index >= 15 is 0 Å². The van der Waals surface area contributed by atoms with Crippen molar-refractivity contribution in [2.75, 3.05) is 13.7 Å². The first-order valence-electron chi connectivity index (χ1n) is 4.78. The molecule has 0 spiro atoms. The Morgan fingerprint density at radius 2 is 1.94 bits per heavy atom. The molecule has 0 aromatic rings. The van der Waals surface area contributed by atoms with Gasteiger partial charge in [-0.05, 0) is 20.8 Å². The van der Waals surface area contributed by atoms with Crippen molar-refractivity contribution >= 4 is 18.2 Å². The Bertz CT molecular complexity index is 320. The van der Waals surface area contributed by atoms with Crippen LogP contribution < -0.4 is 0 Å². The normalized spacial score (nSPS) is 10.5. The molecule has 1 amide bonds. The van der Waals surface area contributed by atoms with E-state index in [4.69, 9.17) is 4.74 Å². The molecule has 0 aromatic carbocycles. The quantitative estimate of drug-likeness (QED) is 0.297. The predicted octanol–water partition coefficient (Wildman–Crippen LogP) is 0.542. The Balaban J connectivity index is 4.45. The SMILES string of the molecule is C=C(C)C(=O)OCC(C)(C)N(C)C(=O)C=O. The van der Waals surface area contributed by atoms with Crippen LogP contribution in [0.1, 0.15) is 20.8 Å². The van der Waals surface area contributed by atoms with Crippen molar-refractivity contribution in [3.05, 3.63) is 12.2 Å². The average Bonchev–Trinajstić information content (AvgIpc) is 2.23. The van der Waals surface area contributed by atoms with E-state index in [0.717, 1.165) is 0 Å². The fourth-order valence-electron chi connectivity index (χ4n) is 0.840. The Labute approximate surface area is 95.1 Å². The lowest BCUT2D eigenvalue weighted by molar-refractivity contribution is -0.149. The maximum atomic E-state index is 11.2. The van der Waals surface area contributed by atoms with Gasteiger partial charge in [0.05, 0.1) is 5.54 Å². The first-order chi connectivity index (χ1) is 7.22. The van der Waals surface area contributed by atoms with Gasteiger partial charge in [-0.2, -0.15) is 0 Å². The Morgan fingerprint density at radius 1 is 1.44 bits per heavy atom. The number of nitrogens with zero attached hydrogens (tertiary/aromatic N) is 1. The van der Waals surface area contributed by atoms with Crippen LogP contribution in [0.5, 0.6) is 0 Å². The number of amides is 1. The summed E-state index contributed by atoms with van der Waals surface area (Å²) in [5, 5.41) is 0. The van der Waals surface area contributed by atoms with Crippen LogP contribution >= 0.6 is 0 Å². The van der Waals surface area contributed by atoms with Gasteiger partial charge >= 0.3 is 5.97 Å². The first-order valence-corrected chi connectivity index (χ1v) is 4.78. The molecule has 0 atom stereocenters. The number of esters is 1. The molecule has 0 saturated heterocycles. The van der Waals surface area contributed by atoms with E-state index in [2.05, 4.69) is 6.58 Å². The topological polar surface area (TPSA) is 63.7 Å². The molecule has 0 rings (SSSR count). The third kappa shape index (κ3) is 3.84. The molecule has 0 heterocycles. The number of carbonyl (C=O) groups is 3. The van der Waals surface area contributed by atoms with Crippen LogP contribution in [0.3, 0.4) is 0 Å². The molecule has 0 fully saturated rings. The van der Waals surface area contributed by atoms with Crippen molar-refractivity contribution in [2.45, 2.75) is 26.3 Å². The van der Waals surface area contributed by atoms with Crippen LogP contribution in [0.4, 0.5) is 0 Å². The smallest absolute Gasteiger partial charge is 0.333 e. The van der Waals surface area contributed by atoms with Gasteiger partial charge in [-0.25, -0.2) is 4.79 Å². The second-order valence-corrected chi connectivity index (χ2v) is 4.18. The highest BCUT2D eigenvalue weighted by molar-refractivity contribution is 6.23. The van der Waals surface area contributed by atoms with E-state index < -0.39 is 17.4 Å². The minimum atomic E-state index is -0.733. The molecule has 0 aliphatic carbocycles. The molecule has 0 aromatic heterocycles. The number of carbonyl (C=O) groups excluding carboxylic acids is 3. The third-order valence-corrected chi connectivity index (χ3v) is 2.24. The van der Waals surface area contributed by atoms with Gasteiger partial charge in [0, 0.05) is 12.6 Å². The van der Waals surface area contributed by atoms with Gasteiger partial charge in [-0.15, -0.1) is 0 Å². The second kappa shape index (κ2) is 5.44. The van der Waals surface area contributed by atoms with Gasteiger partial charge < -0.3 is 9.64 Å². The Kier molecular flexibility index (Phi) is 4.88. The number of hydrogen-bond donors (Lipinski definition) is 0. The van der Waals surface area contributed by atoms with Crippen LogP contribution in [0.15, 0.2) is 12.2 Å². The average molecular weight is 227 g/mol. The van der Waals surface area contributed by atoms with Crippen molar-refractivity contribution in [3.63, 3.8) is 0 Å². The van der Waals surface area contributed by atoms with E-state index in [1.807, 2.05) is 0 Å². The molecule has 0 aliphatic rings. The van der Waals surface area contributed by atoms with Gasteiger partial charge in [0.25, 0.3) is 5.91 Å². The maximum absolute atomic E-state index is 11.2. The van der Waals surface area contributed by atoms with Gasteiger partial charge in [0.1, 0.15) is 6.61 Å². The van der Waals surface area contributed by atoms with Crippen LogP contribution in [0.25, 0.3) is 0 Å². The van der Waals surface area contributed by atoms with Gasteiger partial charge in [0.15, 0.2) is 0 Å². The summed E-state index contributed by atoms with van der Waals surface area (Å²) in [6.07, 6.45) is 0.225. The molecule has 90 valence electrons. The highest BCUT2D eigenvalue weighted by Crippen LogP contribution is 2.13. The molecule has 0 N–H and O–H groups in total. The highest BCUT2D eigenvalue weighted by atomic mass is 16.5. The van der Waals surface area contributed by atoms with Gasteiger partial charge in [-0.1, -0.05) is 6.58 Å². The fraction of sp³-hybridized carbons (Fsp3) is 0.545. The second-order valence-electron chi connectivity index (χ2n) is 4.18. The van der Waals surface area contributed by atoms with Crippen LogP contribution in [-0.2, 0) is 19.1 Å². The molecule has 16 heavy (non-hydrogen) atoms. The predicted molar refractivity (Wildman–Crippen MR) is 58.7 cm³/mol. The zero-order chi connectivity index (χ0) is 12.9.